The van der Waals surface area contributed by atoms with Gasteiger partial charge in [-0.1, -0.05) is 140 Å². The zero-order valence-electron chi connectivity index (χ0n) is 31.8. The third-order valence-electron chi connectivity index (χ3n) is 7.99. The molecule has 0 spiro atoms. The second kappa shape index (κ2) is 36.3. The lowest BCUT2D eigenvalue weighted by molar-refractivity contribution is -0.161. The van der Waals surface area contributed by atoms with Crippen molar-refractivity contribution in [3.8, 4) is 0 Å². The molecule has 0 aromatic heterocycles. The Bertz CT molecular complexity index is 994. The number of ether oxygens (including phenoxy) is 2. The maximum Gasteiger partial charge on any atom is 0.472 e. The number of phosphoric acid groups is 1. The van der Waals surface area contributed by atoms with Crippen LogP contribution in [0.25, 0.3) is 0 Å². The zero-order valence-corrected chi connectivity index (χ0v) is 32.7. The van der Waals surface area contributed by atoms with Gasteiger partial charge >= 0.3 is 19.8 Å². The van der Waals surface area contributed by atoms with Crippen molar-refractivity contribution in [2.45, 2.75) is 167 Å². The normalized spacial score (nSPS) is 14.5. The number of hydrogen-bond acceptors (Lipinski definition) is 9. The van der Waals surface area contributed by atoms with Crippen LogP contribution < -0.4 is 0 Å². The predicted octanol–water partition coefficient (Wildman–Crippen LogP) is 9.78. The number of esters is 2. The van der Waals surface area contributed by atoms with Gasteiger partial charge in [0.05, 0.1) is 19.8 Å². The van der Waals surface area contributed by atoms with Crippen LogP contribution in [0.4, 0.5) is 0 Å². The Balaban J connectivity index is 4.32. The number of rotatable bonds is 36. The Kier molecular flexibility index (Phi) is 34.8. The minimum absolute atomic E-state index is 0.165. The fourth-order valence-electron chi connectivity index (χ4n) is 4.93. The van der Waals surface area contributed by atoms with Crippen molar-refractivity contribution in [3.05, 3.63) is 48.6 Å². The fourth-order valence-corrected chi connectivity index (χ4v) is 5.71. The molecular weight excluding hydrogens is 671 g/mol. The SMILES string of the molecule is CCCCCCCCC/C=C/C/C=C/C/C=C/C/C=C/CCCC(=O)OC[C@@H](COP(=O)(O)OC[C@H](O)CO)OC(=O)CCCCCCCCC. The predicted molar refractivity (Wildman–Crippen MR) is 205 cm³/mol. The smallest absolute Gasteiger partial charge is 0.462 e. The molecule has 0 aromatic rings. The first-order chi connectivity index (χ1) is 24.7. The maximum atomic E-state index is 12.4. The summed E-state index contributed by atoms with van der Waals surface area (Å²) in [6, 6.07) is 0. The maximum absolute atomic E-state index is 12.4. The minimum atomic E-state index is -4.62. The molecule has 0 aliphatic carbocycles. The van der Waals surface area contributed by atoms with Crippen LogP contribution in [-0.4, -0.2) is 65.7 Å². The van der Waals surface area contributed by atoms with Crippen molar-refractivity contribution in [2.24, 2.45) is 0 Å². The molecule has 0 bridgehead atoms. The molecule has 3 atom stereocenters. The van der Waals surface area contributed by atoms with Gasteiger partial charge in [0, 0.05) is 12.8 Å². The Morgan fingerprint density at radius 2 is 1.04 bits per heavy atom. The van der Waals surface area contributed by atoms with E-state index in [0.717, 1.165) is 38.5 Å². The van der Waals surface area contributed by atoms with Crippen molar-refractivity contribution in [2.75, 3.05) is 26.4 Å². The van der Waals surface area contributed by atoms with Crippen LogP contribution in [0.5, 0.6) is 0 Å². The molecule has 1 unspecified atom stereocenters. The standard InChI is InChI=1S/C40H71O10P/c1-3-5-7-9-11-12-13-14-15-16-17-18-19-20-21-22-23-24-26-27-29-31-39(43)47-35-38(36-49-51(45,46)48-34-37(42)33-41)50-40(44)32-30-28-25-10-8-6-4-2/h15-16,18-19,21-22,24,26,37-38,41-42H,3-14,17,20,23,25,27-36H2,1-2H3,(H,45,46)/b16-15+,19-18+,22-21+,26-24+/t37-,38+/m1/s1. The highest BCUT2D eigenvalue weighted by atomic mass is 31.2. The van der Waals surface area contributed by atoms with Gasteiger partial charge in [-0.2, -0.15) is 0 Å². The van der Waals surface area contributed by atoms with Gasteiger partial charge in [0.2, 0.25) is 0 Å². The van der Waals surface area contributed by atoms with Crippen LogP contribution >= 0.6 is 7.82 Å². The first-order valence-corrected chi connectivity index (χ1v) is 21.1. The average Bonchev–Trinajstić information content (AvgIpc) is 3.12. The molecule has 0 aromatic carbocycles. The van der Waals surface area contributed by atoms with Crippen LogP contribution in [0.2, 0.25) is 0 Å². The van der Waals surface area contributed by atoms with Gasteiger partial charge in [0.1, 0.15) is 12.7 Å². The first kappa shape index (κ1) is 48.9. The van der Waals surface area contributed by atoms with Gasteiger partial charge in [-0.05, 0) is 51.4 Å². The summed E-state index contributed by atoms with van der Waals surface area (Å²) in [5.74, 6) is -1.00. The molecule has 0 aliphatic heterocycles. The summed E-state index contributed by atoms with van der Waals surface area (Å²) >= 11 is 0. The molecule has 296 valence electrons. The summed E-state index contributed by atoms with van der Waals surface area (Å²) < 4.78 is 32.4. The molecule has 51 heavy (non-hydrogen) atoms. The third-order valence-corrected chi connectivity index (χ3v) is 8.94. The molecule has 0 rings (SSSR count). The van der Waals surface area contributed by atoms with E-state index in [2.05, 4.69) is 60.9 Å². The lowest BCUT2D eigenvalue weighted by Gasteiger charge is -2.20. The number of allylic oxidation sites excluding steroid dienone is 8. The summed E-state index contributed by atoms with van der Waals surface area (Å²) in [5.41, 5.74) is 0. The quantitative estimate of drug-likeness (QED) is 0.0245. The largest absolute Gasteiger partial charge is 0.472 e. The molecule has 0 saturated carbocycles. The van der Waals surface area contributed by atoms with Crippen LogP contribution in [0.3, 0.4) is 0 Å². The van der Waals surface area contributed by atoms with E-state index in [4.69, 9.17) is 19.1 Å². The fraction of sp³-hybridized carbons (Fsp3) is 0.750. The summed E-state index contributed by atoms with van der Waals surface area (Å²) in [6.45, 7) is 2.23. The number of hydrogen-bond donors (Lipinski definition) is 3. The molecular formula is C40H71O10P. The summed E-state index contributed by atoms with van der Waals surface area (Å²) in [5, 5.41) is 18.2. The van der Waals surface area contributed by atoms with Gasteiger partial charge in [0.25, 0.3) is 0 Å². The van der Waals surface area contributed by atoms with Crippen molar-refractivity contribution < 1.29 is 47.8 Å². The van der Waals surface area contributed by atoms with Crippen LogP contribution in [0.1, 0.15) is 155 Å². The Morgan fingerprint density at radius 3 is 1.59 bits per heavy atom. The highest BCUT2D eigenvalue weighted by molar-refractivity contribution is 7.47. The third kappa shape index (κ3) is 36.1. The molecule has 0 amide bonds. The van der Waals surface area contributed by atoms with Gasteiger partial charge in [-0.25, -0.2) is 4.57 Å². The number of carbonyl (C=O) groups is 2. The number of aliphatic hydroxyl groups is 2. The average molecular weight is 743 g/mol. The highest BCUT2D eigenvalue weighted by Crippen LogP contribution is 2.43. The van der Waals surface area contributed by atoms with E-state index in [1.165, 1.54) is 70.6 Å². The summed E-state index contributed by atoms with van der Waals surface area (Å²) in [6.07, 6.45) is 36.9. The zero-order chi connectivity index (χ0) is 37.7. The van der Waals surface area contributed by atoms with E-state index in [1.54, 1.807) is 0 Å². The lowest BCUT2D eigenvalue weighted by atomic mass is 10.1. The Hall–Kier alpha value is -2.07. The number of aliphatic hydroxyl groups excluding tert-OH is 2. The monoisotopic (exact) mass is 742 g/mol. The Labute approximate surface area is 309 Å². The van der Waals surface area contributed by atoms with E-state index >= 15 is 0 Å². The van der Waals surface area contributed by atoms with Crippen molar-refractivity contribution in [3.63, 3.8) is 0 Å². The summed E-state index contributed by atoms with van der Waals surface area (Å²) in [7, 11) is -4.62. The van der Waals surface area contributed by atoms with E-state index in [-0.39, 0.29) is 19.4 Å². The highest BCUT2D eigenvalue weighted by Gasteiger charge is 2.27. The van der Waals surface area contributed by atoms with Crippen LogP contribution in [0.15, 0.2) is 48.6 Å². The van der Waals surface area contributed by atoms with Crippen LogP contribution in [-0.2, 0) is 32.7 Å². The number of phosphoric ester groups is 1. The lowest BCUT2D eigenvalue weighted by Crippen LogP contribution is -2.29. The minimum Gasteiger partial charge on any atom is -0.462 e. The molecule has 0 aliphatic rings. The molecule has 0 heterocycles. The molecule has 0 saturated heterocycles. The van der Waals surface area contributed by atoms with Gasteiger partial charge in [-0.3, -0.25) is 18.6 Å². The van der Waals surface area contributed by atoms with E-state index in [9.17, 15) is 24.2 Å². The van der Waals surface area contributed by atoms with Crippen LogP contribution in [0, 0.1) is 0 Å². The molecule has 3 N–H and O–H groups in total. The summed E-state index contributed by atoms with van der Waals surface area (Å²) in [4.78, 5) is 34.6. The number of carbonyl (C=O) groups excluding carboxylic acids is 2. The topological polar surface area (TPSA) is 149 Å². The molecule has 0 radical (unpaired) electrons. The number of unbranched alkanes of at least 4 members (excludes halogenated alkanes) is 14. The molecule has 10 nitrogen and oxygen atoms in total. The van der Waals surface area contributed by atoms with E-state index in [1.807, 2.05) is 6.08 Å². The first-order valence-electron chi connectivity index (χ1n) is 19.6. The molecule has 0 fully saturated rings. The van der Waals surface area contributed by atoms with E-state index < -0.39 is 51.8 Å². The second-order valence-corrected chi connectivity index (χ2v) is 14.4. The van der Waals surface area contributed by atoms with Gasteiger partial charge in [0.15, 0.2) is 6.10 Å². The van der Waals surface area contributed by atoms with Gasteiger partial charge in [-0.15, -0.1) is 0 Å². The Morgan fingerprint density at radius 1 is 0.588 bits per heavy atom. The van der Waals surface area contributed by atoms with Crippen molar-refractivity contribution in [1.82, 2.24) is 0 Å². The van der Waals surface area contributed by atoms with E-state index in [0.29, 0.717) is 19.3 Å². The second-order valence-electron chi connectivity index (χ2n) is 13.0. The van der Waals surface area contributed by atoms with Crippen molar-refractivity contribution >= 4 is 19.8 Å². The molecule has 11 heteroatoms. The van der Waals surface area contributed by atoms with Gasteiger partial charge < -0.3 is 24.6 Å². The van der Waals surface area contributed by atoms with Crippen molar-refractivity contribution in [1.29, 1.82) is 0 Å².